The van der Waals surface area contributed by atoms with Crippen LogP contribution in [0.5, 0.6) is 0 Å². The van der Waals surface area contributed by atoms with Crippen molar-refractivity contribution in [1.29, 1.82) is 0 Å². The van der Waals surface area contributed by atoms with E-state index < -0.39 is 0 Å². The van der Waals surface area contributed by atoms with Crippen LogP contribution in [0.2, 0.25) is 0 Å². The highest BCUT2D eigenvalue weighted by Gasteiger charge is 2.43. The van der Waals surface area contributed by atoms with Gasteiger partial charge in [0.25, 0.3) is 0 Å². The van der Waals surface area contributed by atoms with Crippen LogP contribution in [0.25, 0.3) is 0 Å². The van der Waals surface area contributed by atoms with E-state index in [0.717, 1.165) is 25.7 Å². The Morgan fingerprint density at radius 1 is 1.26 bits per heavy atom. The lowest BCUT2D eigenvalue weighted by molar-refractivity contribution is 0.0778. The van der Waals surface area contributed by atoms with E-state index in [1.54, 1.807) is 0 Å². The molecule has 2 aliphatic rings. The van der Waals surface area contributed by atoms with Gasteiger partial charge >= 0.3 is 0 Å². The molecule has 0 bridgehead atoms. The van der Waals surface area contributed by atoms with Crippen molar-refractivity contribution in [3.63, 3.8) is 0 Å². The Morgan fingerprint density at radius 2 is 2.05 bits per heavy atom. The molecule has 1 heterocycles. The molecule has 1 aliphatic carbocycles. The van der Waals surface area contributed by atoms with Gasteiger partial charge in [0.1, 0.15) is 0 Å². The van der Waals surface area contributed by atoms with Crippen LogP contribution in [0.1, 0.15) is 52.9 Å². The van der Waals surface area contributed by atoms with E-state index in [-0.39, 0.29) is 0 Å². The molecule has 3 heteroatoms. The van der Waals surface area contributed by atoms with Crippen molar-refractivity contribution in [2.75, 3.05) is 32.8 Å². The van der Waals surface area contributed by atoms with Gasteiger partial charge in [0.05, 0.1) is 6.61 Å². The van der Waals surface area contributed by atoms with Crippen LogP contribution in [0.4, 0.5) is 0 Å². The van der Waals surface area contributed by atoms with Crippen LogP contribution < -0.4 is 5.32 Å². The molecule has 3 nitrogen and oxygen atoms in total. The summed E-state index contributed by atoms with van der Waals surface area (Å²) >= 11 is 0. The van der Waals surface area contributed by atoms with Gasteiger partial charge in [-0.15, -0.1) is 0 Å². The van der Waals surface area contributed by atoms with Gasteiger partial charge < -0.3 is 10.1 Å². The molecule has 0 radical (unpaired) electrons. The normalized spacial score (nSPS) is 33.3. The highest BCUT2D eigenvalue weighted by atomic mass is 16.5. The molecule has 19 heavy (non-hydrogen) atoms. The van der Waals surface area contributed by atoms with E-state index in [9.17, 15) is 0 Å². The average Bonchev–Trinajstić information content (AvgIpc) is 3.20. The van der Waals surface area contributed by atoms with Crippen LogP contribution in [0.15, 0.2) is 0 Å². The predicted octanol–water partition coefficient (Wildman–Crippen LogP) is 2.66. The third kappa shape index (κ3) is 4.44. The van der Waals surface area contributed by atoms with Crippen molar-refractivity contribution in [3.8, 4) is 0 Å². The highest BCUT2D eigenvalue weighted by Crippen LogP contribution is 2.40. The summed E-state index contributed by atoms with van der Waals surface area (Å²) in [4.78, 5) is 2.64. The van der Waals surface area contributed by atoms with E-state index in [1.165, 1.54) is 45.2 Å². The topological polar surface area (TPSA) is 24.5 Å². The second-order valence-electron chi connectivity index (χ2n) is 6.69. The lowest BCUT2D eigenvalue weighted by atomic mass is 9.95. The summed E-state index contributed by atoms with van der Waals surface area (Å²) < 4.78 is 5.75. The van der Waals surface area contributed by atoms with Gasteiger partial charge in [0, 0.05) is 31.3 Å². The third-order valence-electron chi connectivity index (χ3n) is 4.89. The molecule has 2 rings (SSSR count). The van der Waals surface area contributed by atoms with Crippen molar-refractivity contribution in [1.82, 2.24) is 10.2 Å². The first-order valence-electron chi connectivity index (χ1n) is 8.22. The fourth-order valence-electron chi connectivity index (χ4n) is 3.21. The second-order valence-corrected chi connectivity index (χ2v) is 6.69. The summed E-state index contributed by atoms with van der Waals surface area (Å²) in [5.41, 5.74) is 0.341. The van der Waals surface area contributed by atoms with Gasteiger partial charge in [-0.05, 0) is 52.0 Å². The Balaban J connectivity index is 1.78. The number of nitrogens with zero attached hydrogens (tertiary/aromatic N) is 1. The molecular formula is C16H32N2O. The molecule has 1 saturated heterocycles. The molecule has 0 spiro atoms. The van der Waals surface area contributed by atoms with Crippen molar-refractivity contribution >= 4 is 0 Å². The van der Waals surface area contributed by atoms with Crippen LogP contribution in [0.3, 0.4) is 0 Å². The van der Waals surface area contributed by atoms with Crippen molar-refractivity contribution in [2.45, 2.75) is 64.5 Å². The Labute approximate surface area is 119 Å². The molecule has 0 amide bonds. The van der Waals surface area contributed by atoms with E-state index in [4.69, 9.17) is 4.74 Å². The first kappa shape index (κ1) is 15.3. The van der Waals surface area contributed by atoms with Gasteiger partial charge in [0.2, 0.25) is 0 Å². The van der Waals surface area contributed by atoms with Crippen LogP contribution in [0, 0.1) is 5.92 Å². The van der Waals surface area contributed by atoms with E-state index >= 15 is 0 Å². The first-order chi connectivity index (χ1) is 9.15. The average molecular weight is 268 g/mol. The summed E-state index contributed by atoms with van der Waals surface area (Å²) in [6.45, 7) is 12.3. The van der Waals surface area contributed by atoms with Crippen molar-refractivity contribution in [2.24, 2.45) is 5.92 Å². The smallest absolute Gasteiger partial charge is 0.0593 e. The van der Waals surface area contributed by atoms with Gasteiger partial charge in [-0.1, -0.05) is 13.3 Å². The number of nitrogens with one attached hydrogen (secondary N) is 1. The maximum absolute atomic E-state index is 5.75. The number of unbranched alkanes of at least 4 members (excludes halogenated alkanes) is 1. The number of hydrogen-bond donors (Lipinski definition) is 1. The molecule has 0 aromatic carbocycles. The van der Waals surface area contributed by atoms with Crippen LogP contribution >= 0.6 is 0 Å². The van der Waals surface area contributed by atoms with Crippen molar-refractivity contribution in [3.05, 3.63) is 0 Å². The monoisotopic (exact) mass is 268 g/mol. The van der Waals surface area contributed by atoms with Gasteiger partial charge in [-0.25, -0.2) is 0 Å². The number of hydrogen-bond acceptors (Lipinski definition) is 3. The van der Waals surface area contributed by atoms with E-state index in [2.05, 4.69) is 31.0 Å². The van der Waals surface area contributed by atoms with Gasteiger partial charge in [0.15, 0.2) is 0 Å². The summed E-state index contributed by atoms with van der Waals surface area (Å²) in [6.07, 6.45) is 6.51. The SMILES string of the molecule is CCCCOCCN1CC(C)(C2CC2)NCCC1C. The molecule has 1 aliphatic heterocycles. The number of ether oxygens (including phenoxy) is 1. The molecule has 2 atom stereocenters. The summed E-state index contributed by atoms with van der Waals surface area (Å²) in [7, 11) is 0. The lowest BCUT2D eigenvalue weighted by Gasteiger charge is -2.35. The zero-order valence-corrected chi connectivity index (χ0v) is 13.1. The predicted molar refractivity (Wildman–Crippen MR) is 80.5 cm³/mol. The quantitative estimate of drug-likeness (QED) is 0.718. The first-order valence-corrected chi connectivity index (χ1v) is 8.22. The molecule has 0 aromatic rings. The summed E-state index contributed by atoms with van der Waals surface area (Å²) in [5.74, 6) is 0.904. The maximum atomic E-state index is 5.75. The molecule has 1 saturated carbocycles. The molecule has 2 unspecified atom stereocenters. The highest BCUT2D eigenvalue weighted by molar-refractivity contribution is 5.01. The van der Waals surface area contributed by atoms with Gasteiger partial charge in [-0.2, -0.15) is 0 Å². The summed E-state index contributed by atoms with van der Waals surface area (Å²) in [5, 5.41) is 3.81. The molecule has 2 fully saturated rings. The maximum Gasteiger partial charge on any atom is 0.0593 e. The Kier molecular flexibility index (Phi) is 5.67. The minimum Gasteiger partial charge on any atom is -0.380 e. The molecule has 1 N–H and O–H groups in total. The molecule has 112 valence electrons. The summed E-state index contributed by atoms with van der Waals surface area (Å²) in [6, 6.07) is 0.683. The van der Waals surface area contributed by atoms with Crippen molar-refractivity contribution < 1.29 is 4.74 Å². The fraction of sp³-hybridized carbons (Fsp3) is 1.00. The standard InChI is InChI=1S/C16H32N2O/c1-4-5-11-19-12-10-18-13-16(3,15-6-7-15)17-9-8-14(18)2/h14-15,17H,4-13H2,1-3H3. The van der Waals surface area contributed by atoms with E-state index in [1.807, 2.05) is 0 Å². The lowest BCUT2D eigenvalue weighted by Crippen LogP contribution is -2.52. The second kappa shape index (κ2) is 7.05. The van der Waals surface area contributed by atoms with Crippen LogP contribution in [-0.4, -0.2) is 49.3 Å². The Bertz CT molecular complexity index is 267. The zero-order chi connectivity index (χ0) is 13.7. The molecule has 0 aromatic heterocycles. The molecular weight excluding hydrogens is 236 g/mol. The minimum atomic E-state index is 0.341. The third-order valence-corrected chi connectivity index (χ3v) is 4.89. The number of rotatable bonds is 7. The van der Waals surface area contributed by atoms with Crippen LogP contribution in [-0.2, 0) is 4.74 Å². The Morgan fingerprint density at radius 3 is 2.74 bits per heavy atom. The fourth-order valence-corrected chi connectivity index (χ4v) is 3.21. The van der Waals surface area contributed by atoms with E-state index in [0.29, 0.717) is 11.6 Å². The Hall–Kier alpha value is -0.120. The minimum absolute atomic E-state index is 0.341. The zero-order valence-electron chi connectivity index (χ0n) is 13.1. The largest absolute Gasteiger partial charge is 0.380 e. The van der Waals surface area contributed by atoms with Gasteiger partial charge in [-0.3, -0.25) is 4.90 Å².